The minimum atomic E-state index is -4.29. The lowest BCUT2D eigenvalue weighted by molar-refractivity contribution is -0.187. The second kappa shape index (κ2) is 6.61. The van der Waals surface area contributed by atoms with Gasteiger partial charge >= 0.3 is 6.18 Å². The summed E-state index contributed by atoms with van der Waals surface area (Å²) in [6.45, 7) is 3.67. The molecule has 1 amide bonds. The van der Waals surface area contributed by atoms with Gasteiger partial charge in [-0.05, 0) is 44.9 Å². The highest BCUT2D eigenvalue weighted by Gasteiger charge is 2.46. The highest BCUT2D eigenvalue weighted by atomic mass is 19.4. The molecule has 0 bridgehead atoms. The molecule has 1 saturated carbocycles. The second-order valence-corrected chi connectivity index (χ2v) is 6.61. The number of benzene rings is 1. The molecule has 4 nitrogen and oxygen atoms in total. The van der Waals surface area contributed by atoms with Crippen LogP contribution in [0.2, 0.25) is 0 Å². The summed E-state index contributed by atoms with van der Waals surface area (Å²) >= 11 is 0. The Morgan fingerprint density at radius 3 is 2.40 bits per heavy atom. The van der Waals surface area contributed by atoms with Crippen molar-refractivity contribution < 1.29 is 18.0 Å². The summed E-state index contributed by atoms with van der Waals surface area (Å²) in [5.74, 6) is -1.97. The first-order valence-corrected chi connectivity index (χ1v) is 8.38. The van der Waals surface area contributed by atoms with E-state index < -0.39 is 24.0 Å². The lowest BCUT2D eigenvalue weighted by Gasteiger charge is -2.33. The van der Waals surface area contributed by atoms with Crippen molar-refractivity contribution in [3.05, 3.63) is 35.2 Å². The molecular weight excluding hydrogens is 331 g/mol. The number of hydrogen-bond acceptors (Lipinski definition) is 3. The van der Waals surface area contributed by atoms with Gasteiger partial charge in [-0.2, -0.15) is 13.2 Å². The molecule has 2 aromatic rings. The van der Waals surface area contributed by atoms with Crippen molar-refractivity contribution in [3.8, 4) is 0 Å². The zero-order valence-corrected chi connectivity index (χ0v) is 14.2. The van der Waals surface area contributed by atoms with Crippen LogP contribution in [-0.2, 0) is 0 Å². The fourth-order valence-electron chi connectivity index (χ4n) is 3.32. The fourth-order valence-corrected chi connectivity index (χ4v) is 3.32. The second-order valence-electron chi connectivity index (χ2n) is 6.61. The molecule has 7 heteroatoms. The molecule has 0 unspecified atom stereocenters. The van der Waals surface area contributed by atoms with Gasteiger partial charge in [0.05, 0.1) is 28.3 Å². The summed E-state index contributed by atoms with van der Waals surface area (Å²) < 4.78 is 39.5. The van der Waals surface area contributed by atoms with Crippen LogP contribution in [0.25, 0.3) is 11.0 Å². The number of fused-ring (bicyclic) bond motifs is 1. The van der Waals surface area contributed by atoms with Crippen molar-refractivity contribution in [1.29, 1.82) is 0 Å². The monoisotopic (exact) mass is 351 g/mol. The van der Waals surface area contributed by atoms with Crippen LogP contribution >= 0.6 is 0 Å². The van der Waals surface area contributed by atoms with Crippen LogP contribution < -0.4 is 5.32 Å². The Morgan fingerprint density at radius 2 is 1.72 bits per heavy atom. The first-order valence-electron chi connectivity index (χ1n) is 8.38. The number of carbonyl (C=O) groups is 1. The molecule has 25 heavy (non-hydrogen) atoms. The average molecular weight is 351 g/mol. The van der Waals surface area contributed by atoms with E-state index in [0.29, 0.717) is 35.9 Å². The molecule has 1 fully saturated rings. The number of rotatable bonds is 2. The third-order valence-electron chi connectivity index (χ3n) is 4.84. The van der Waals surface area contributed by atoms with E-state index in [9.17, 15) is 18.0 Å². The van der Waals surface area contributed by atoms with E-state index in [2.05, 4.69) is 15.3 Å². The number of halogens is 3. The van der Waals surface area contributed by atoms with Gasteiger partial charge in [0, 0.05) is 11.6 Å². The first-order chi connectivity index (χ1) is 11.8. The Labute approximate surface area is 143 Å². The van der Waals surface area contributed by atoms with Crippen molar-refractivity contribution in [2.45, 2.75) is 51.7 Å². The normalized spacial score (nSPS) is 21.3. The number of aromatic nitrogens is 2. The lowest BCUT2D eigenvalue weighted by atomic mass is 9.84. The standard InChI is InChI=1S/C18H20F3N3O/c1-10-11(2)23-16-9-12(7-8-15(16)22-10)17(25)24-14-6-4-3-5-13(14)18(19,20)21/h7-9,13-14H,3-6H2,1-2H3,(H,24,25)/t13-,14+/m1/s1. The first kappa shape index (κ1) is 17.6. The van der Waals surface area contributed by atoms with Crippen LogP contribution in [0.5, 0.6) is 0 Å². The van der Waals surface area contributed by atoms with Gasteiger partial charge in [-0.3, -0.25) is 4.79 Å². The number of hydrogen-bond donors (Lipinski definition) is 1. The van der Waals surface area contributed by atoms with Gasteiger partial charge in [0.15, 0.2) is 0 Å². The van der Waals surface area contributed by atoms with E-state index in [0.717, 1.165) is 11.4 Å². The SMILES string of the molecule is Cc1nc2ccc(C(=O)N[C@H]3CCCC[C@H]3C(F)(F)F)cc2nc1C. The lowest BCUT2D eigenvalue weighted by Crippen LogP contribution is -2.47. The maximum Gasteiger partial charge on any atom is 0.393 e. The highest BCUT2D eigenvalue weighted by Crippen LogP contribution is 2.37. The van der Waals surface area contributed by atoms with Gasteiger partial charge in [0.1, 0.15) is 0 Å². The molecule has 0 aliphatic heterocycles. The van der Waals surface area contributed by atoms with Gasteiger partial charge in [-0.15, -0.1) is 0 Å². The average Bonchev–Trinajstić information content (AvgIpc) is 2.55. The molecule has 3 rings (SSSR count). The van der Waals surface area contributed by atoms with Crippen LogP contribution in [-0.4, -0.2) is 28.1 Å². The molecule has 1 aliphatic rings. The van der Waals surface area contributed by atoms with E-state index in [1.165, 1.54) is 0 Å². The van der Waals surface area contributed by atoms with E-state index in [4.69, 9.17) is 0 Å². The van der Waals surface area contributed by atoms with Crippen molar-refractivity contribution in [1.82, 2.24) is 15.3 Å². The molecule has 1 aromatic carbocycles. The Hall–Kier alpha value is -2.18. The van der Waals surface area contributed by atoms with E-state index in [1.54, 1.807) is 18.2 Å². The molecule has 0 saturated heterocycles. The summed E-state index contributed by atoms with van der Waals surface area (Å²) in [4.78, 5) is 21.2. The molecule has 1 aromatic heterocycles. The van der Waals surface area contributed by atoms with Gasteiger partial charge in [-0.1, -0.05) is 12.8 Å². The third kappa shape index (κ3) is 3.75. The quantitative estimate of drug-likeness (QED) is 0.886. The Bertz CT molecular complexity index is 804. The van der Waals surface area contributed by atoms with Crippen molar-refractivity contribution in [3.63, 3.8) is 0 Å². The van der Waals surface area contributed by atoms with E-state index >= 15 is 0 Å². The molecule has 2 atom stereocenters. The smallest absolute Gasteiger partial charge is 0.349 e. The maximum absolute atomic E-state index is 13.2. The molecular formula is C18H20F3N3O. The molecule has 1 aliphatic carbocycles. The van der Waals surface area contributed by atoms with Crippen LogP contribution in [0.4, 0.5) is 13.2 Å². The van der Waals surface area contributed by atoms with Gasteiger partial charge in [-0.25, -0.2) is 9.97 Å². The summed E-state index contributed by atoms with van der Waals surface area (Å²) in [7, 11) is 0. The molecule has 134 valence electrons. The fraction of sp³-hybridized carbons (Fsp3) is 0.500. The van der Waals surface area contributed by atoms with Crippen molar-refractivity contribution in [2.75, 3.05) is 0 Å². The van der Waals surface area contributed by atoms with Gasteiger partial charge in [0.25, 0.3) is 5.91 Å². The maximum atomic E-state index is 13.2. The van der Waals surface area contributed by atoms with Gasteiger partial charge < -0.3 is 5.32 Å². The predicted octanol–water partition coefficient (Wildman–Crippen LogP) is 4.10. The van der Waals surface area contributed by atoms with E-state index in [-0.39, 0.29) is 6.42 Å². The number of nitrogens with one attached hydrogen (secondary N) is 1. The van der Waals surface area contributed by atoms with Gasteiger partial charge in [0.2, 0.25) is 0 Å². The number of nitrogens with zero attached hydrogens (tertiary/aromatic N) is 2. The third-order valence-corrected chi connectivity index (χ3v) is 4.84. The minimum absolute atomic E-state index is 0.0656. The van der Waals surface area contributed by atoms with Crippen molar-refractivity contribution >= 4 is 16.9 Å². The molecule has 0 radical (unpaired) electrons. The van der Waals surface area contributed by atoms with E-state index in [1.807, 2.05) is 13.8 Å². The Kier molecular flexibility index (Phi) is 4.67. The van der Waals surface area contributed by atoms with Crippen LogP contribution in [0.15, 0.2) is 18.2 Å². The summed E-state index contributed by atoms with van der Waals surface area (Å²) in [5, 5.41) is 2.58. The summed E-state index contributed by atoms with van der Waals surface area (Å²) in [6.07, 6.45) is -2.64. The predicted molar refractivity (Wildman–Crippen MR) is 88.3 cm³/mol. The highest BCUT2D eigenvalue weighted by molar-refractivity contribution is 5.97. The van der Waals surface area contributed by atoms with Crippen LogP contribution in [0, 0.1) is 19.8 Å². The largest absolute Gasteiger partial charge is 0.393 e. The summed E-state index contributed by atoms with van der Waals surface area (Å²) in [6, 6.07) is 3.95. The zero-order valence-electron chi connectivity index (χ0n) is 14.2. The van der Waals surface area contributed by atoms with Crippen LogP contribution in [0.1, 0.15) is 47.4 Å². The molecule has 1 heterocycles. The molecule has 1 N–H and O–H groups in total. The Balaban J connectivity index is 1.83. The number of amides is 1. The van der Waals surface area contributed by atoms with Crippen LogP contribution in [0.3, 0.4) is 0 Å². The topological polar surface area (TPSA) is 54.9 Å². The number of aryl methyl sites for hydroxylation is 2. The number of alkyl halides is 3. The zero-order chi connectivity index (χ0) is 18.2. The Morgan fingerprint density at radius 1 is 1.08 bits per heavy atom. The minimum Gasteiger partial charge on any atom is -0.349 e. The molecule has 0 spiro atoms. The summed E-state index contributed by atoms with van der Waals surface area (Å²) in [5.41, 5.74) is 3.09. The van der Waals surface area contributed by atoms with Crippen molar-refractivity contribution in [2.24, 2.45) is 5.92 Å². The number of carbonyl (C=O) groups excluding carboxylic acids is 1.